The highest BCUT2D eigenvalue weighted by Crippen LogP contribution is 2.30. The number of aryl methyl sites for hydroxylation is 1. The van der Waals surface area contributed by atoms with Crippen LogP contribution in [-0.4, -0.2) is 26.1 Å². The van der Waals surface area contributed by atoms with Gasteiger partial charge in [0.05, 0.1) is 20.8 Å². The number of benzene rings is 3. The number of esters is 1. The van der Waals surface area contributed by atoms with Crippen molar-refractivity contribution in [3.8, 4) is 16.9 Å². The fourth-order valence-electron chi connectivity index (χ4n) is 4.94. The lowest BCUT2D eigenvalue weighted by atomic mass is 9.88. The van der Waals surface area contributed by atoms with E-state index in [9.17, 15) is 9.59 Å². The summed E-state index contributed by atoms with van der Waals surface area (Å²) in [6.07, 6.45) is 8.38. The molecule has 0 N–H and O–H groups in total. The van der Waals surface area contributed by atoms with Crippen molar-refractivity contribution >= 4 is 23.6 Å². The van der Waals surface area contributed by atoms with Gasteiger partial charge < -0.3 is 14.4 Å². The van der Waals surface area contributed by atoms with E-state index in [2.05, 4.69) is 36.4 Å². The van der Waals surface area contributed by atoms with Crippen molar-refractivity contribution in [2.45, 2.75) is 45.6 Å². The predicted octanol–water partition coefficient (Wildman–Crippen LogP) is 6.97. The number of methoxy groups -OCH3 is 2. The molecule has 192 valence electrons. The Morgan fingerprint density at radius 1 is 0.919 bits per heavy atom. The molecular formula is C32H35NO4. The summed E-state index contributed by atoms with van der Waals surface area (Å²) in [5, 5.41) is 0. The van der Waals surface area contributed by atoms with E-state index in [4.69, 9.17) is 9.47 Å². The minimum atomic E-state index is -0.410. The molecular weight excluding hydrogens is 462 g/mol. The van der Waals surface area contributed by atoms with E-state index in [0.29, 0.717) is 6.54 Å². The van der Waals surface area contributed by atoms with E-state index in [1.165, 1.54) is 19.6 Å². The summed E-state index contributed by atoms with van der Waals surface area (Å²) >= 11 is 0. The molecule has 1 aliphatic rings. The predicted molar refractivity (Wildman–Crippen MR) is 148 cm³/mol. The van der Waals surface area contributed by atoms with Crippen molar-refractivity contribution in [2.75, 3.05) is 19.1 Å². The molecule has 4 rings (SSSR count). The number of carbonyl (C=O) groups excluding carboxylic acids is 2. The maximum absolute atomic E-state index is 13.7. The zero-order valence-corrected chi connectivity index (χ0v) is 21.9. The second-order valence-corrected chi connectivity index (χ2v) is 9.59. The monoisotopic (exact) mass is 497 g/mol. The topological polar surface area (TPSA) is 55.8 Å². The van der Waals surface area contributed by atoms with Crippen LogP contribution in [0.4, 0.5) is 5.69 Å². The molecule has 0 atom stereocenters. The van der Waals surface area contributed by atoms with E-state index in [-0.39, 0.29) is 11.8 Å². The van der Waals surface area contributed by atoms with Crippen molar-refractivity contribution in [1.82, 2.24) is 0 Å². The Hall–Kier alpha value is -3.86. The number of carbonyl (C=O) groups is 2. The van der Waals surface area contributed by atoms with Crippen LogP contribution in [0.15, 0.2) is 72.8 Å². The third-order valence-corrected chi connectivity index (χ3v) is 7.04. The number of hydrogen-bond acceptors (Lipinski definition) is 4. The Morgan fingerprint density at radius 3 is 2.32 bits per heavy atom. The largest absolute Gasteiger partial charge is 0.496 e. The summed E-state index contributed by atoms with van der Waals surface area (Å²) in [5.41, 5.74) is 6.08. The molecule has 1 saturated carbocycles. The van der Waals surface area contributed by atoms with Gasteiger partial charge in [0, 0.05) is 17.7 Å². The number of nitrogens with zero attached hydrogens (tertiary/aromatic N) is 1. The average Bonchev–Trinajstić information content (AvgIpc) is 2.95. The Labute approximate surface area is 219 Å². The highest BCUT2D eigenvalue weighted by atomic mass is 16.5. The fraction of sp³-hybridized carbons (Fsp3) is 0.312. The third kappa shape index (κ3) is 6.67. The van der Waals surface area contributed by atoms with Gasteiger partial charge in [-0.2, -0.15) is 0 Å². The molecule has 3 aromatic carbocycles. The molecule has 0 saturated heterocycles. The van der Waals surface area contributed by atoms with E-state index < -0.39 is 5.97 Å². The smallest absolute Gasteiger partial charge is 0.330 e. The zero-order chi connectivity index (χ0) is 26.2. The number of ether oxygens (including phenoxy) is 2. The highest BCUT2D eigenvalue weighted by Gasteiger charge is 2.27. The molecule has 0 aliphatic heterocycles. The van der Waals surface area contributed by atoms with Gasteiger partial charge in [-0.15, -0.1) is 0 Å². The van der Waals surface area contributed by atoms with Gasteiger partial charge in [0.15, 0.2) is 0 Å². The van der Waals surface area contributed by atoms with Crippen LogP contribution in [0.3, 0.4) is 0 Å². The lowest BCUT2D eigenvalue weighted by Gasteiger charge is -2.30. The number of anilines is 1. The molecule has 1 amide bonds. The van der Waals surface area contributed by atoms with Crippen LogP contribution in [0, 0.1) is 12.8 Å². The maximum atomic E-state index is 13.7. The first-order valence-electron chi connectivity index (χ1n) is 12.9. The Morgan fingerprint density at radius 2 is 1.65 bits per heavy atom. The van der Waals surface area contributed by atoms with Gasteiger partial charge in [-0.3, -0.25) is 4.79 Å². The van der Waals surface area contributed by atoms with Crippen LogP contribution in [0.1, 0.15) is 48.8 Å². The van der Waals surface area contributed by atoms with E-state index in [1.54, 1.807) is 13.2 Å². The average molecular weight is 498 g/mol. The fourth-order valence-corrected chi connectivity index (χ4v) is 4.94. The van der Waals surface area contributed by atoms with Crippen molar-refractivity contribution in [1.29, 1.82) is 0 Å². The lowest BCUT2D eigenvalue weighted by Crippen LogP contribution is -2.36. The molecule has 1 fully saturated rings. The van der Waals surface area contributed by atoms with Gasteiger partial charge in [0.1, 0.15) is 5.75 Å². The highest BCUT2D eigenvalue weighted by molar-refractivity contribution is 5.95. The van der Waals surface area contributed by atoms with Crippen LogP contribution in [0.25, 0.3) is 17.2 Å². The first-order valence-corrected chi connectivity index (χ1v) is 12.9. The van der Waals surface area contributed by atoms with E-state index in [1.807, 2.05) is 42.2 Å². The van der Waals surface area contributed by atoms with Crippen molar-refractivity contribution in [2.24, 2.45) is 5.92 Å². The molecule has 0 radical (unpaired) electrons. The van der Waals surface area contributed by atoms with Gasteiger partial charge in [-0.05, 0) is 77.9 Å². The van der Waals surface area contributed by atoms with Crippen molar-refractivity contribution in [3.63, 3.8) is 0 Å². The van der Waals surface area contributed by atoms with Crippen LogP contribution in [0.2, 0.25) is 0 Å². The molecule has 0 heterocycles. The van der Waals surface area contributed by atoms with Crippen molar-refractivity contribution < 1.29 is 19.1 Å². The quantitative estimate of drug-likeness (QED) is 0.249. The molecule has 5 nitrogen and oxygen atoms in total. The number of rotatable bonds is 8. The van der Waals surface area contributed by atoms with Gasteiger partial charge in [0.25, 0.3) is 0 Å². The molecule has 0 aromatic heterocycles. The first kappa shape index (κ1) is 26.2. The summed E-state index contributed by atoms with van der Waals surface area (Å²) in [6, 6.07) is 22.3. The van der Waals surface area contributed by atoms with Crippen LogP contribution in [-0.2, 0) is 20.9 Å². The second kappa shape index (κ2) is 12.4. The Balaban J connectivity index is 1.60. The maximum Gasteiger partial charge on any atom is 0.330 e. The van der Waals surface area contributed by atoms with Gasteiger partial charge in [-0.1, -0.05) is 61.7 Å². The minimum Gasteiger partial charge on any atom is -0.496 e. The Kier molecular flexibility index (Phi) is 8.78. The molecule has 1 aliphatic carbocycles. The summed E-state index contributed by atoms with van der Waals surface area (Å²) in [5.74, 6) is 0.682. The molecule has 0 unspecified atom stereocenters. The third-order valence-electron chi connectivity index (χ3n) is 7.04. The summed E-state index contributed by atoms with van der Waals surface area (Å²) < 4.78 is 10.1. The van der Waals surface area contributed by atoms with Crippen LogP contribution >= 0.6 is 0 Å². The second-order valence-electron chi connectivity index (χ2n) is 9.59. The van der Waals surface area contributed by atoms with E-state index in [0.717, 1.165) is 64.9 Å². The molecule has 3 aromatic rings. The summed E-state index contributed by atoms with van der Waals surface area (Å²) in [6.45, 7) is 2.53. The SMILES string of the molecule is COC(=O)/C=C/c1cccc(N(Cc2ccc(-c3ccc(OC)c(C)c3)cc2)C(=O)C2CCCCC2)c1. The van der Waals surface area contributed by atoms with Gasteiger partial charge in [-0.25, -0.2) is 4.79 Å². The first-order chi connectivity index (χ1) is 18.0. The molecule has 5 heteroatoms. The van der Waals surface area contributed by atoms with E-state index >= 15 is 0 Å². The molecule has 0 bridgehead atoms. The lowest BCUT2D eigenvalue weighted by molar-refractivity contribution is -0.134. The zero-order valence-electron chi connectivity index (χ0n) is 21.9. The van der Waals surface area contributed by atoms with Crippen LogP contribution < -0.4 is 9.64 Å². The Bertz CT molecular complexity index is 1260. The minimum absolute atomic E-state index is 0.0459. The van der Waals surface area contributed by atoms with Crippen LogP contribution in [0.5, 0.6) is 5.75 Å². The number of amides is 1. The van der Waals surface area contributed by atoms with Gasteiger partial charge >= 0.3 is 5.97 Å². The molecule has 37 heavy (non-hydrogen) atoms. The van der Waals surface area contributed by atoms with Gasteiger partial charge in [0.2, 0.25) is 5.91 Å². The summed E-state index contributed by atoms with van der Waals surface area (Å²) in [7, 11) is 3.04. The van der Waals surface area contributed by atoms with Crippen molar-refractivity contribution in [3.05, 3.63) is 89.5 Å². The standard InChI is InChI=1S/C32H35NO4/c1-23-20-28(17-18-30(23)36-2)26-15-12-25(13-16-26)22-33(32(35)27-9-5-4-6-10-27)29-11-7-8-24(21-29)14-19-31(34)37-3/h7-8,11-21,27H,4-6,9-10,22H2,1-3H3/b19-14+. The summed E-state index contributed by atoms with van der Waals surface area (Å²) in [4.78, 5) is 27.2. The number of hydrogen-bond donors (Lipinski definition) is 0. The molecule has 0 spiro atoms. The normalized spacial score (nSPS) is 13.9.